The van der Waals surface area contributed by atoms with Crippen LogP contribution in [0.5, 0.6) is 5.75 Å². The fraction of sp³-hybridized carbons (Fsp3) is 0.400. The lowest BCUT2D eigenvalue weighted by molar-refractivity contribution is 0.0968. The SMILES string of the molecule is FCCCN1CC(Cc2ccc(OCc3ccccc3)cc2)C1. The van der Waals surface area contributed by atoms with E-state index in [2.05, 4.69) is 41.3 Å². The first-order chi connectivity index (χ1) is 11.3. The van der Waals surface area contributed by atoms with Gasteiger partial charge in [-0.1, -0.05) is 42.5 Å². The lowest BCUT2D eigenvalue weighted by atomic mass is 9.92. The molecule has 0 atom stereocenters. The highest BCUT2D eigenvalue weighted by molar-refractivity contribution is 5.28. The van der Waals surface area contributed by atoms with Gasteiger partial charge in [-0.15, -0.1) is 0 Å². The Morgan fingerprint density at radius 2 is 1.70 bits per heavy atom. The average molecular weight is 313 g/mol. The zero-order valence-electron chi connectivity index (χ0n) is 13.5. The summed E-state index contributed by atoms with van der Waals surface area (Å²) in [6, 6.07) is 18.6. The molecule has 1 fully saturated rings. The largest absolute Gasteiger partial charge is 0.489 e. The van der Waals surface area contributed by atoms with Crippen molar-refractivity contribution in [2.24, 2.45) is 5.92 Å². The molecule has 2 nitrogen and oxygen atoms in total. The molecule has 0 amide bonds. The van der Waals surface area contributed by atoms with Crippen LogP contribution < -0.4 is 4.74 Å². The minimum absolute atomic E-state index is 0.203. The van der Waals surface area contributed by atoms with Crippen LogP contribution in [0.2, 0.25) is 0 Å². The third-order valence-electron chi connectivity index (χ3n) is 4.34. The Hall–Kier alpha value is -1.87. The van der Waals surface area contributed by atoms with Crippen molar-refractivity contribution in [1.82, 2.24) is 4.90 Å². The maximum Gasteiger partial charge on any atom is 0.119 e. The molecular formula is C20H24FNO. The van der Waals surface area contributed by atoms with Gasteiger partial charge in [0.2, 0.25) is 0 Å². The Morgan fingerprint density at radius 1 is 0.957 bits per heavy atom. The van der Waals surface area contributed by atoms with E-state index in [4.69, 9.17) is 4.74 Å². The number of alkyl halides is 1. The van der Waals surface area contributed by atoms with Gasteiger partial charge in [-0.25, -0.2) is 0 Å². The maximum atomic E-state index is 12.1. The molecule has 1 aliphatic heterocycles. The van der Waals surface area contributed by atoms with E-state index in [9.17, 15) is 4.39 Å². The second-order valence-corrected chi connectivity index (χ2v) is 6.29. The Kier molecular flexibility index (Phi) is 5.65. The maximum absolute atomic E-state index is 12.1. The number of ether oxygens (including phenoxy) is 1. The number of rotatable bonds is 8. The number of nitrogens with zero attached hydrogens (tertiary/aromatic N) is 1. The second-order valence-electron chi connectivity index (χ2n) is 6.29. The monoisotopic (exact) mass is 313 g/mol. The average Bonchev–Trinajstić information content (AvgIpc) is 2.57. The smallest absolute Gasteiger partial charge is 0.119 e. The van der Waals surface area contributed by atoms with Gasteiger partial charge in [0, 0.05) is 19.6 Å². The quantitative estimate of drug-likeness (QED) is 0.727. The molecule has 1 saturated heterocycles. The number of hydrogen-bond donors (Lipinski definition) is 0. The molecular weight excluding hydrogens is 289 g/mol. The summed E-state index contributed by atoms with van der Waals surface area (Å²) in [5.74, 6) is 1.63. The van der Waals surface area contributed by atoms with Gasteiger partial charge < -0.3 is 9.64 Å². The van der Waals surface area contributed by atoms with Gasteiger partial charge in [0.1, 0.15) is 12.4 Å². The molecule has 0 aliphatic carbocycles. The summed E-state index contributed by atoms with van der Waals surface area (Å²) in [7, 11) is 0. The summed E-state index contributed by atoms with van der Waals surface area (Å²) in [6.07, 6.45) is 1.77. The van der Waals surface area contributed by atoms with Gasteiger partial charge >= 0.3 is 0 Å². The molecule has 2 aromatic rings. The minimum Gasteiger partial charge on any atom is -0.489 e. The molecule has 0 bridgehead atoms. The molecule has 3 rings (SSSR count). The van der Waals surface area contributed by atoms with Crippen molar-refractivity contribution < 1.29 is 9.13 Å². The van der Waals surface area contributed by atoms with Crippen LogP contribution in [0.1, 0.15) is 17.5 Å². The molecule has 0 spiro atoms. The number of benzene rings is 2. The zero-order chi connectivity index (χ0) is 15.9. The van der Waals surface area contributed by atoms with E-state index in [1.807, 2.05) is 18.2 Å². The first-order valence-electron chi connectivity index (χ1n) is 8.37. The Labute approximate surface area is 137 Å². The predicted octanol–water partition coefficient (Wildman–Crippen LogP) is 4.10. The summed E-state index contributed by atoms with van der Waals surface area (Å²) in [6.45, 7) is 3.51. The predicted molar refractivity (Wildman–Crippen MR) is 91.4 cm³/mol. The van der Waals surface area contributed by atoms with Crippen LogP contribution in [0.3, 0.4) is 0 Å². The van der Waals surface area contributed by atoms with Crippen LogP contribution in [0.25, 0.3) is 0 Å². The molecule has 2 aromatic carbocycles. The van der Waals surface area contributed by atoms with E-state index < -0.39 is 0 Å². The van der Waals surface area contributed by atoms with Crippen LogP contribution in [-0.2, 0) is 13.0 Å². The first-order valence-corrected chi connectivity index (χ1v) is 8.37. The summed E-state index contributed by atoms with van der Waals surface area (Å²) in [4.78, 5) is 2.33. The van der Waals surface area contributed by atoms with Gasteiger partial charge in [0.05, 0.1) is 6.67 Å². The van der Waals surface area contributed by atoms with Crippen molar-refractivity contribution in [1.29, 1.82) is 0 Å². The van der Waals surface area contributed by atoms with E-state index in [0.29, 0.717) is 18.9 Å². The fourth-order valence-electron chi connectivity index (χ4n) is 3.07. The van der Waals surface area contributed by atoms with Crippen molar-refractivity contribution in [2.75, 3.05) is 26.3 Å². The van der Waals surface area contributed by atoms with E-state index in [0.717, 1.165) is 31.8 Å². The van der Waals surface area contributed by atoms with Crippen LogP contribution in [0.15, 0.2) is 54.6 Å². The highest BCUT2D eigenvalue weighted by atomic mass is 19.1. The highest BCUT2D eigenvalue weighted by Gasteiger charge is 2.25. The van der Waals surface area contributed by atoms with Gasteiger partial charge in [-0.2, -0.15) is 0 Å². The first kappa shape index (κ1) is 16.0. The van der Waals surface area contributed by atoms with Crippen LogP contribution in [-0.4, -0.2) is 31.2 Å². The molecule has 0 unspecified atom stereocenters. The van der Waals surface area contributed by atoms with Crippen molar-refractivity contribution in [3.05, 3.63) is 65.7 Å². The molecule has 0 radical (unpaired) electrons. The zero-order valence-corrected chi connectivity index (χ0v) is 13.5. The Bertz CT molecular complexity index is 578. The van der Waals surface area contributed by atoms with Crippen molar-refractivity contribution in [2.45, 2.75) is 19.4 Å². The van der Waals surface area contributed by atoms with Crippen LogP contribution >= 0.6 is 0 Å². The standard InChI is InChI=1S/C20H24FNO/c21-11-4-12-22-14-19(15-22)13-17-7-9-20(10-8-17)23-16-18-5-2-1-3-6-18/h1-3,5-10,19H,4,11-16H2. The summed E-state index contributed by atoms with van der Waals surface area (Å²) in [5.41, 5.74) is 2.53. The van der Waals surface area contributed by atoms with Crippen molar-refractivity contribution in [3.8, 4) is 5.75 Å². The van der Waals surface area contributed by atoms with E-state index in [1.165, 1.54) is 11.1 Å². The summed E-state index contributed by atoms with van der Waals surface area (Å²) < 4.78 is 17.9. The molecule has 122 valence electrons. The molecule has 1 heterocycles. The van der Waals surface area contributed by atoms with Gasteiger partial charge in [0.15, 0.2) is 0 Å². The lowest BCUT2D eigenvalue weighted by Gasteiger charge is -2.39. The minimum atomic E-state index is -0.203. The number of halogens is 1. The topological polar surface area (TPSA) is 12.5 Å². The fourth-order valence-corrected chi connectivity index (χ4v) is 3.07. The van der Waals surface area contributed by atoms with E-state index in [-0.39, 0.29) is 6.67 Å². The van der Waals surface area contributed by atoms with Crippen molar-refractivity contribution >= 4 is 0 Å². The molecule has 1 aliphatic rings. The van der Waals surface area contributed by atoms with Gasteiger partial charge in [-0.05, 0) is 42.0 Å². The molecule has 3 heteroatoms. The van der Waals surface area contributed by atoms with Gasteiger partial charge in [0.25, 0.3) is 0 Å². The Morgan fingerprint density at radius 3 is 2.39 bits per heavy atom. The highest BCUT2D eigenvalue weighted by Crippen LogP contribution is 2.22. The molecule has 0 aromatic heterocycles. The van der Waals surface area contributed by atoms with Gasteiger partial charge in [-0.3, -0.25) is 4.39 Å². The third kappa shape index (κ3) is 4.80. The summed E-state index contributed by atoms with van der Waals surface area (Å²) >= 11 is 0. The number of likely N-dealkylation sites (tertiary alicyclic amines) is 1. The van der Waals surface area contributed by atoms with Crippen LogP contribution in [0.4, 0.5) is 4.39 Å². The molecule has 23 heavy (non-hydrogen) atoms. The Balaban J connectivity index is 1.41. The van der Waals surface area contributed by atoms with E-state index >= 15 is 0 Å². The third-order valence-corrected chi connectivity index (χ3v) is 4.34. The lowest BCUT2D eigenvalue weighted by Crippen LogP contribution is -2.47. The normalized spacial score (nSPS) is 15.3. The van der Waals surface area contributed by atoms with E-state index in [1.54, 1.807) is 0 Å². The second kappa shape index (κ2) is 8.11. The van der Waals surface area contributed by atoms with Crippen LogP contribution in [0, 0.1) is 5.92 Å². The molecule has 0 N–H and O–H groups in total. The summed E-state index contributed by atoms with van der Waals surface area (Å²) in [5, 5.41) is 0. The molecule has 0 saturated carbocycles. The number of hydrogen-bond acceptors (Lipinski definition) is 2. The van der Waals surface area contributed by atoms with Crippen molar-refractivity contribution in [3.63, 3.8) is 0 Å².